The van der Waals surface area contributed by atoms with Crippen LogP contribution in [0.1, 0.15) is 25.5 Å². The maximum absolute atomic E-state index is 13.1. The van der Waals surface area contributed by atoms with Crippen molar-refractivity contribution in [3.8, 4) is 11.5 Å². The van der Waals surface area contributed by atoms with Gasteiger partial charge in [0, 0.05) is 6.07 Å². The van der Waals surface area contributed by atoms with Crippen molar-refractivity contribution in [2.75, 3.05) is 24.8 Å². The zero-order valence-electron chi connectivity index (χ0n) is 17.0. The van der Waals surface area contributed by atoms with Gasteiger partial charge in [-0.25, -0.2) is 12.8 Å². The van der Waals surface area contributed by atoms with Gasteiger partial charge in [-0.3, -0.25) is 9.10 Å². The predicted octanol–water partition coefficient (Wildman–Crippen LogP) is 2.87. The number of rotatable bonds is 8. The first-order chi connectivity index (χ1) is 13.6. The van der Waals surface area contributed by atoms with Crippen LogP contribution in [-0.2, 0) is 14.8 Å². The van der Waals surface area contributed by atoms with E-state index in [1.54, 1.807) is 31.2 Å². The molecule has 0 spiro atoms. The molecule has 158 valence electrons. The molecule has 0 saturated carbocycles. The van der Waals surface area contributed by atoms with E-state index in [0.717, 1.165) is 10.6 Å². The molecule has 0 aliphatic carbocycles. The van der Waals surface area contributed by atoms with Crippen LogP contribution in [0.25, 0.3) is 0 Å². The van der Waals surface area contributed by atoms with E-state index < -0.39 is 28.0 Å². The summed E-state index contributed by atoms with van der Waals surface area (Å²) in [6, 6.07) is 8.88. The number of hydrogen-bond donors (Lipinski definition) is 1. The number of carbonyl (C=O) groups excluding carboxylic acids is 1. The predicted molar refractivity (Wildman–Crippen MR) is 109 cm³/mol. The van der Waals surface area contributed by atoms with Gasteiger partial charge in [-0.15, -0.1) is 0 Å². The van der Waals surface area contributed by atoms with E-state index in [-0.39, 0.29) is 17.3 Å². The van der Waals surface area contributed by atoms with Crippen LogP contribution >= 0.6 is 0 Å². The lowest BCUT2D eigenvalue weighted by atomic mass is 10.1. The second kappa shape index (κ2) is 9.13. The molecule has 1 N–H and O–H groups in total. The number of hydrogen-bond acceptors (Lipinski definition) is 5. The lowest BCUT2D eigenvalue weighted by Crippen LogP contribution is -2.48. The van der Waals surface area contributed by atoms with Crippen molar-refractivity contribution in [1.82, 2.24) is 5.32 Å². The minimum absolute atomic E-state index is 0.187. The summed E-state index contributed by atoms with van der Waals surface area (Å²) in [6.07, 6.45) is 1.01. The van der Waals surface area contributed by atoms with Crippen molar-refractivity contribution in [2.24, 2.45) is 0 Å². The van der Waals surface area contributed by atoms with Gasteiger partial charge in [-0.2, -0.15) is 0 Å². The van der Waals surface area contributed by atoms with Crippen LogP contribution in [0.4, 0.5) is 10.1 Å². The average Bonchev–Trinajstić information content (AvgIpc) is 2.67. The van der Waals surface area contributed by atoms with Gasteiger partial charge in [0.15, 0.2) is 0 Å². The van der Waals surface area contributed by atoms with Gasteiger partial charge in [0.1, 0.15) is 23.4 Å². The molecule has 9 heteroatoms. The Morgan fingerprint density at radius 1 is 1.07 bits per heavy atom. The molecule has 7 nitrogen and oxygen atoms in total. The van der Waals surface area contributed by atoms with Crippen LogP contribution in [0, 0.1) is 5.82 Å². The number of carbonyl (C=O) groups is 1. The molecule has 0 saturated heterocycles. The standard InChI is InChI=1S/C20H25FN2O5S/c1-13(15-6-8-16(21)9-7-15)22-20(24)14(2)23(29(5,25)26)18-12-17(27-3)10-11-19(18)28-4/h6-14H,1-5H3,(H,22,24)/t13-,14+/m1/s1. The van der Waals surface area contributed by atoms with Crippen LogP contribution < -0.4 is 19.1 Å². The summed E-state index contributed by atoms with van der Waals surface area (Å²) in [6.45, 7) is 3.21. The first-order valence-electron chi connectivity index (χ1n) is 8.85. The molecular weight excluding hydrogens is 399 g/mol. The molecule has 0 fully saturated rings. The number of nitrogens with one attached hydrogen (secondary N) is 1. The molecule has 0 radical (unpaired) electrons. The monoisotopic (exact) mass is 424 g/mol. The molecule has 29 heavy (non-hydrogen) atoms. The van der Waals surface area contributed by atoms with Crippen LogP contribution in [0.2, 0.25) is 0 Å². The summed E-state index contributed by atoms with van der Waals surface area (Å²) in [4.78, 5) is 12.8. The summed E-state index contributed by atoms with van der Waals surface area (Å²) >= 11 is 0. The number of amides is 1. The van der Waals surface area contributed by atoms with Gasteiger partial charge in [-0.1, -0.05) is 12.1 Å². The van der Waals surface area contributed by atoms with Gasteiger partial charge in [0.25, 0.3) is 0 Å². The maximum atomic E-state index is 13.1. The van der Waals surface area contributed by atoms with Crippen molar-refractivity contribution in [1.29, 1.82) is 0 Å². The summed E-state index contributed by atoms with van der Waals surface area (Å²) in [5.74, 6) is -0.199. The lowest BCUT2D eigenvalue weighted by Gasteiger charge is -2.30. The van der Waals surface area contributed by atoms with Gasteiger partial charge in [0.2, 0.25) is 15.9 Å². The highest BCUT2D eigenvalue weighted by molar-refractivity contribution is 7.92. The van der Waals surface area contributed by atoms with Crippen LogP contribution in [-0.4, -0.2) is 40.8 Å². The Bertz CT molecular complexity index is 963. The number of halogens is 1. The minimum atomic E-state index is -3.84. The molecule has 2 rings (SSSR count). The Kier molecular flexibility index (Phi) is 7.07. The van der Waals surface area contributed by atoms with Crippen molar-refractivity contribution < 1.29 is 27.1 Å². The topological polar surface area (TPSA) is 84.9 Å². The van der Waals surface area contributed by atoms with Crippen LogP contribution in [0.3, 0.4) is 0 Å². The molecule has 2 atom stereocenters. The molecule has 0 bridgehead atoms. The quantitative estimate of drug-likeness (QED) is 0.704. The van der Waals surface area contributed by atoms with Gasteiger partial charge >= 0.3 is 0 Å². The lowest BCUT2D eigenvalue weighted by molar-refractivity contribution is -0.122. The molecular formula is C20H25FN2O5S. The molecule has 0 aliphatic heterocycles. The molecule has 1 amide bonds. The van der Waals surface area contributed by atoms with Gasteiger partial charge in [0.05, 0.1) is 32.2 Å². The van der Waals surface area contributed by atoms with E-state index in [1.165, 1.54) is 39.3 Å². The Labute approximate surface area is 170 Å². The fourth-order valence-corrected chi connectivity index (χ4v) is 4.09. The zero-order valence-corrected chi connectivity index (χ0v) is 17.8. The molecule has 2 aromatic carbocycles. The molecule has 0 aliphatic rings. The van der Waals surface area contributed by atoms with E-state index in [1.807, 2.05) is 0 Å². The Morgan fingerprint density at radius 3 is 2.21 bits per heavy atom. The Hall–Kier alpha value is -2.81. The van der Waals surface area contributed by atoms with Crippen LogP contribution in [0.15, 0.2) is 42.5 Å². The number of benzene rings is 2. The van der Waals surface area contributed by atoms with E-state index >= 15 is 0 Å². The fourth-order valence-electron chi connectivity index (χ4n) is 2.92. The van der Waals surface area contributed by atoms with E-state index in [2.05, 4.69) is 5.32 Å². The summed E-state index contributed by atoms with van der Waals surface area (Å²) in [5, 5.41) is 2.76. The van der Waals surface area contributed by atoms with Crippen molar-refractivity contribution >= 4 is 21.6 Å². The minimum Gasteiger partial charge on any atom is -0.497 e. The summed E-state index contributed by atoms with van der Waals surface area (Å²) in [7, 11) is -0.973. The first kappa shape index (κ1) is 22.5. The van der Waals surface area contributed by atoms with Crippen molar-refractivity contribution in [2.45, 2.75) is 25.9 Å². The second-order valence-corrected chi connectivity index (χ2v) is 8.41. The van der Waals surface area contributed by atoms with E-state index in [0.29, 0.717) is 11.3 Å². The normalized spacial score (nSPS) is 13.3. The van der Waals surface area contributed by atoms with Crippen LogP contribution in [0.5, 0.6) is 11.5 Å². The Morgan fingerprint density at radius 2 is 1.69 bits per heavy atom. The number of sulfonamides is 1. The highest BCUT2D eigenvalue weighted by atomic mass is 32.2. The van der Waals surface area contributed by atoms with E-state index in [9.17, 15) is 17.6 Å². The SMILES string of the molecule is COc1ccc(OC)c(N([C@@H](C)C(=O)N[C@H](C)c2ccc(F)cc2)S(C)(=O)=O)c1. The number of methoxy groups -OCH3 is 2. The summed E-state index contributed by atoms with van der Waals surface area (Å²) < 4.78 is 49.7. The third-order valence-corrected chi connectivity index (χ3v) is 5.67. The molecule has 0 unspecified atom stereocenters. The third kappa shape index (κ3) is 5.38. The van der Waals surface area contributed by atoms with Crippen molar-refractivity contribution in [3.63, 3.8) is 0 Å². The molecule has 0 aromatic heterocycles. The molecule has 2 aromatic rings. The number of ether oxygens (including phenoxy) is 2. The fraction of sp³-hybridized carbons (Fsp3) is 0.350. The smallest absolute Gasteiger partial charge is 0.244 e. The van der Waals surface area contributed by atoms with Gasteiger partial charge < -0.3 is 14.8 Å². The van der Waals surface area contributed by atoms with Crippen molar-refractivity contribution in [3.05, 3.63) is 53.8 Å². The average molecular weight is 424 g/mol. The zero-order chi connectivity index (χ0) is 21.8. The highest BCUT2D eigenvalue weighted by Crippen LogP contribution is 2.35. The van der Waals surface area contributed by atoms with Gasteiger partial charge in [-0.05, 0) is 43.7 Å². The first-order valence-corrected chi connectivity index (χ1v) is 10.7. The number of anilines is 1. The highest BCUT2D eigenvalue weighted by Gasteiger charge is 2.32. The van der Waals surface area contributed by atoms with E-state index in [4.69, 9.17) is 9.47 Å². The summed E-state index contributed by atoms with van der Waals surface area (Å²) in [5.41, 5.74) is 0.878. The largest absolute Gasteiger partial charge is 0.497 e. The maximum Gasteiger partial charge on any atom is 0.244 e. The third-order valence-electron chi connectivity index (χ3n) is 4.44. The number of nitrogens with zero attached hydrogens (tertiary/aromatic N) is 1. The second-order valence-electron chi connectivity index (χ2n) is 6.55. The molecule has 0 heterocycles. The Balaban J connectivity index is 2.35.